The number of hydrogen-bond acceptors (Lipinski definition) is 20. The van der Waals surface area contributed by atoms with Crippen LogP contribution in [0.15, 0.2) is 85.7 Å². The zero-order valence-corrected chi connectivity index (χ0v) is 45.2. The summed E-state index contributed by atoms with van der Waals surface area (Å²) in [5.74, 6) is -0.0426. The van der Waals surface area contributed by atoms with Gasteiger partial charge in [-0.15, -0.1) is 10.2 Å². The summed E-state index contributed by atoms with van der Waals surface area (Å²) in [6, 6.07) is 14.3. The van der Waals surface area contributed by atoms with E-state index < -0.39 is 35.3 Å². The number of nitrogens with two attached hydrogens (primary N) is 1. The van der Waals surface area contributed by atoms with Crippen LogP contribution in [0.25, 0.3) is 33.7 Å². The lowest BCUT2D eigenvalue weighted by molar-refractivity contribution is -0.138. The molecule has 0 bridgehead atoms. The van der Waals surface area contributed by atoms with Gasteiger partial charge >= 0.3 is 24.1 Å². The molecule has 2 amide bonds. The third-order valence-corrected chi connectivity index (χ3v) is 10.3. The van der Waals surface area contributed by atoms with Crippen LogP contribution >= 0.6 is 11.6 Å². The molecule has 0 fully saturated rings. The number of carbonyl (C=O) groups is 4. The lowest BCUT2D eigenvalue weighted by Crippen LogP contribution is -2.33. The van der Waals surface area contributed by atoms with Gasteiger partial charge in [0.05, 0.1) is 60.8 Å². The number of aromatic nitrogens is 14. The zero-order chi connectivity index (χ0) is 57.0. The number of alkyl carbamates (subject to hydrolysis) is 2. The van der Waals surface area contributed by atoms with Crippen LogP contribution in [0.2, 0.25) is 5.28 Å². The van der Waals surface area contributed by atoms with Gasteiger partial charge in [0, 0.05) is 51.4 Å². The monoisotopic (exact) mass is 1110 g/mol. The molecule has 28 nitrogen and oxygen atoms in total. The van der Waals surface area contributed by atoms with Crippen LogP contribution in [0.4, 0.5) is 26.9 Å². The van der Waals surface area contributed by atoms with Gasteiger partial charge in [-0.2, -0.15) is 29.5 Å². The van der Waals surface area contributed by atoms with Crippen LogP contribution < -0.4 is 31.2 Å². The lowest BCUT2D eigenvalue weighted by atomic mass is 10.2. The van der Waals surface area contributed by atoms with Gasteiger partial charge in [0.15, 0.2) is 22.3 Å². The van der Waals surface area contributed by atoms with Gasteiger partial charge in [0.2, 0.25) is 11.2 Å². The molecular formula is C50H63ClN18O10. The van der Waals surface area contributed by atoms with E-state index in [1.54, 1.807) is 79.9 Å². The highest BCUT2D eigenvalue weighted by Crippen LogP contribution is 2.22. The Bertz CT molecular complexity index is 3240. The number of aliphatic carboxylic acids is 2. The Morgan fingerprint density at radius 3 is 1.56 bits per heavy atom. The van der Waals surface area contributed by atoms with Crippen molar-refractivity contribution in [3.63, 3.8) is 0 Å². The standard InChI is InChI=1S/C25H31N9O5.C14H12ClN5O3.C11H20N4O2/c1-25(2,3)39-24(37)26-11-5-12-33-16-17(14-28-33)29-23-27-15-20-22(30-23)34(32-31-20)18-7-9-19(10-8-18)38-13-4-6-21(35)36;15-14-16-8-11-13(17-14)20(19-18-11)9-3-5-10(6-4-9)23-7-1-2-12(21)22;1-11(2,3)17-10(16)13-5-4-6-15-8-9(12)7-14-15/h7-10,14-16H,4-6,11-13H2,1-3H3,(H,26,37)(H,35,36)(H,27,29,30);3-6,8H,1-2,7H2,(H,21,22);7-8H,4-6,12H2,1-3H3,(H,13,16). The number of benzene rings is 2. The predicted octanol–water partition coefficient (Wildman–Crippen LogP) is 6.80. The Balaban J connectivity index is 0.000000212. The molecule has 29 heteroatoms. The van der Waals surface area contributed by atoms with Crippen molar-refractivity contribution in [2.45, 2.75) is 104 Å². The van der Waals surface area contributed by atoms with Gasteiger partial charge in [-0.25, -0.2) is 19.6 Å². The lowest BCUT2D eigenvalue weighted by Gasteiger charge is -2.19. The second-order valence-corrected chi connectivity index (χ2v) is 19.5. The molecule has 0 saturated heterocycles. The van der Waals surface area contributed by atoms with Crippen molar-refractivity contribution in [2.75, 3.05) is 37.4 Å². The molecule has 6 aromatic heterocycles. The Morgan fingerprint density at radius 2 is 1.09 bits per heavy atom. The maximum atomic E-state index is 11.7. The summed E-state index contributed by atoms with van der Waals surface area (Å²) in [6.07, 6.45) is 11.6. The van der Waals surface area contributed by atoms with Crippen LogP contribution in [0.1, 0.15) is 80.1 Å². The normalized spacial score (nSPS) is 11.2. The molecule has 7 N–H and O–H groups in total. The summed E-state index contributed by atoms with van der Waals surface area (Å²) in [4.78, 5) is 60.9. The van der Waals surface area contributed by atoms with Crippen LogP contribution in [-0.4, -0.2) is 141 Å². The number of amides is 2. The van der Waals surface area contributed by atoms with Crippen molar-refractivity contribution in [1.82, 2.24) is 80.1 Å². The zero-order valence-electron chi connectivity index (χ0n) is 44.4. The number of fused-ring (bicyclic) bond motifs is 2. The third kappa shape index (κ3) is 20.4. The number of nitrogen functional groups attached to an aromatic ring is 1. The van der Waals surface area contributed by atoms with Crippen LogP contribution in [0.3, 0.4) is 0 Å². The fraction of sp³-hybridized carbons (Fsp3) is 0.400. The number of carboxylic acids is 2. The summed E-state index contributed by atoms with van der Waals surface area (Å²) in [7, 11) is 0. The highest BCUT2D eigenvalue weighted by molar-refractivity contribution is 6.28. The van der Waals surface area contributed by atoms with Gasteiger partial charge in [-0.1, -0.05) is 10.4 Å². The largest absolute Gasteiger partial charge is 0.494 e. The molecule has 2 aromatic carbocycles. The average Bonchev–Trinajstić information content (AvgIpc) is 4.34. The summed E-state index contributed by atoms with van der Waals surface area (Å²) in [6.45, 7) is 14.0. The second-order valence-electron chi connectivity index (χ2n) is 19.2. The maximum absolute atomic E-state index is 11.7. The van der Waals surface area contributed by atoms with Crippen molar-refractivity contribution in [1.29, 1.82) is 0 Å². The van der Waals surface area contributed by atoms with Crippen LogP contribution in [0.5, 0.6) is 11.5 Å². The average molecular weight is 1110 g/mol. The van der Waals surface area contributed by atoms with E-state index in [0.717, 1.165) is 17.8 Å². The molecule has 0 saturated carbocycles. The Hall–Kier alpha value is -9.21. The van der Waals surface area contributed by atoms with E-state index in [-0.39, 0.29) is 18.1 Å². The van der Waals surface area contributed by atoms with E-state index in [1.807, 2.05) is 59.9 Å². The number of aryl methyl sites for hydroxylation is 2. The first-order valence-electron chi connectivity index (χ1n) is 24.9. The number of ether oxygens (including phenoxy) is 4. The highest BCUT2D eigenvalue weighted by Gasteiger charge is 2.17. The molecule has 0 atom stereocenters. The molecular weight excluding hydrogens is 1050 g/mol. The SMILES string of the molecule is CC(C)(C)OC(=O)NCCCn1cc(N)cn1.CC(C)(C)OC(=O)NCCCn1cc(Nc2ncc3nnn(-c4ccc(OCCCC(=O)O)cc4)c3n2)cn1.O=C(O)CCCOc1ccc(-n2nnc3cnc(Cl)nc32)cc1. The fourth-order valence-electron chi connectivity index (χ4n) is 6.71. The second kappa shape index (κ2) is 28.2. The van der Waals surface area contributed by atoms with E-state index in [0.29, 0.717) is 110 Å². The fourth-order valence-corrected chi connectivity index (χ4v) is 6.84. The minimum Gasteiger partial charge on any atom is -0.494 e. The molecule has 0 aliphatic heterocycles. The van der Waals surface area contributed by atoms with E-state index >= 15 is 0 Å². The summed E-state index contributed by atoms with van der Waals surface area (Å²) in [5, 5.41) is 50.7. The molecule has 8 aromatic rings. The molecule has 0 aliphatic rings. The van der Waals surface area contributed by atoms with Gasteiger partial charge in [0.1, 0.15) is 22.7 Å². The minimum absolute atomic E-state index is 0.0627. The number of rotatable bonds is 22. The van der Waals surface area contributed by atoms with Crippen molar-refractivity contribution in [3.8, 4) is 22.9 Å². The molecule has 6 heterocycles. The number of carbonyl (C=O) groups excluding carboxylic acids is 2. The first-order chi connectivity index (χ1) is 37.7. The van der Waals surface area contributed by atoms with Crippen LogP contribution in [-0.2, 0) is 32.2 Å². The Kier molecular flexibility index (Phi) is 21.1. The summed E-state index contributed by atoms with van der Waals surface area (Å²) < 4.78 is 28.0. The highest BCUT2D eigenvalue weighted by atomic mass is 35.5. The molecule has 0 radical (unpaired) electrons. The van der Waals surface area contributed by atoms with Gasteiger partial charge < -0.3 is 50.8 Å². The van der Waals surface area contributed by atoms with Gasteiger partial charge in [-0.05, 0) is 127 Å². The molecule has 0 spiro atoms. The molecule has 8 rings (SSSR count). The molecule has 79 heavy (non-hydrogen) atoms. The topological polar surface area (TPSA) is 356 Å². The van der Waals surface area contributed by atoms with Crippen LogP contribution in [0, 0.1) is 0 Å². The van der Waals surface area contributed by atoms with E-state index in [1.165, 1.54) is 6.20 Å². The first-order valence-corrected chi connectivity index (χ1v) is 25.3. The number of carboxylic acid groups (broad SMARTS) is 2. The molecule has 0 unspecified atom stereocenters. The van der Waals surface area contributed by atoms with Crippen molar-refractivity contribution < 1.29 is 48.3 Å². The van der Waals surface area contributed by atoms with Crippen molar-refractivity contribution in [2.24, 2.45) is 0 Å². The number of hydrogen-bond donors (Lipinski definition) is 6. The molecule has 420 valence electrons. The van der Waals surface area contributed by atoms with Crippen molar-refractivity contribution >= 4 is 75.4 Å². The van der Waals surface area contributed by atoms with Gasteiger partial charge in [0.25, 0.3) is 0 Å². The smallest absolute Gasteiger partial charge is 0.407 e. The Morgan fingerprint density at radius 1 is 0.620 bits per heavy atom. The third-order valence-electron chi connectivity index (χ3n) is 10.1. The quantitative estimate of drug-likeness (QED) is 0.0300. The Labute approximate surface area is 458 Å². The number of nitrogens with zero attached hydrogens (tertiary/aromatic N) is 14. The number of anilines is 3. The molecule has 0 aliphatic carbocycles. The van der Waals surface area contributed by atoms with E-state index in [2.05, 4.69) is 66.7 Å². The summed E-state index contributed by atoms with van der Waals surface area (Å²) in [5.41, 5.74) is 9.47. The van der Waals surface area contributed by atoms with Gasteiger partial charge in [-0.3, -0.25) is 19.0 Å². The van der Waals surface area contributed by atoms with E-state index in [4.69, 9.17) is 46.5 Å². The number of nitrogens with one attached hydrogen (secondary N) is 3. The number of halogens is 1. The maximum Gasteiger partial charge on any atom is 0.407 e. The summed E-state index contributed by atoms with van der Waals surface area (Å²) >= 11 is 5.80. The minimum atomic E-state index is -0.846. The first kappa shape index (κ1) is 59.0. The predicted molar refractivity (Wildman–Crippen MR) is 289 cm³/mol. The van der Waals surface area contributed by atoms with E-state index in [9.17, 15) is 19.2 Å². The van der Waals surface area contributed by atoms with Crippen molar-refractivity contribution in [3.05, 3.63) is 91.0 Å².